The maximum absolute atomic E-state index is 13.5. The zero-order chi connectivity index (χ0) is 22.6. The number of nitrogens with one attached hydrogen (secondary N) is 1. The smallest absolute Gasteiger partial charge is 0.244 e. The van der Waals surface area contributed by atoms with E-state index in [-0.39, 0.29) is 17.3 Å². The standard InChI is InChI=1S/C25H26N2O4S/c1-31-22-11-13-23(14-12-22)32(29,30)27-18-21-10-6-5-9-20(21)17-24(27)25(28)26-16-15-19-7-3-2-4-8-19/h2-14,24H,15-18H2,1H3,(H,26,28)/t24-/m0/s1. The molecule has 0 bridgehead atoms. The highest BCUT2D eigenvalue weighted by Crippen LogP contribution is 2.30. The van der Waals surface area contributed by atoms with Crippen LogP contribution in [-0.2, 0) is 34.2 Å². The Hall–Kier alpha value is -3.16. The number of carbonyl (C=O) groups excluding carboxylic acids is 1. The van der Waals surface area contributed by atoms with Gasteiger partial charge >= 0.3 is 0 Å². The molecule has 6 nitrogen and oxygen atoms in total. The van der Waals surface area contributed by atoms with Gasteiger partial charge in [0.2, 0.25) is 15.9 Å². The van der Waals surface area contributed by atoms with E-state index in [1.165, 1.54) is 23.5 Å². The van der Waals surface area contributed by atoms with Crippen LogP contribution in [0.25, 0.3) is 0 Å². The van der Waals surface area contributed by atoms with Gasteiger partial charge in [-0.25, -0.2) is 8.42 Å². The number of carbonyl (C=O) groups is 1. The fourth-order valence-corrected chi connectivity index (χ4v) is 5.52. The average molecular weight is 451 g/mol. The molecule has 0 aliphatic carbocycles. The van der Waals surface area contributed by atoms with Crippen LogP contribution in [0.1, 0.15) is 16.7 Å². The van der Waals surface area contributed by atoms with Crippen LogP contribution in [0.5, 0.6) is 5.75 Å². The van der Waals surface area contributed by atoms with Gasteiger partial charge in [-0.05, 0) is 53.8 Å². The fraction of sp³-hybridized carbons (Fsp3) is 0.240. The van der Waals surface area contributed by atoms with E-state index in [4.69, 9.17) is 4.74 Å². The molecule has 1 aliphatic rings. The van der Waals surface area contributed by atoms with Crippen LogP contribution in [-0.4, -0.2) is 38.3 Å². The maximum Gasteiger partial charge on any atom is 0.244 e. The molecule has 0 aromatic heterocycles. The number of fused-ring (bicyclic) bond motifs is 1. The summed E-state index contributed by atoms with van der Waals surface area (Å²) in [6, 6.07) is 23.0. The number of hydrogen-bond acceptors (Lipinski definition) is 4. The van der Waals surface area contributed by atoms with Gasteiger partial charge in [0.1, 0.15) is 11.8 Å². The minimum atomic E-state index is -3.88. The second-order valence-electron chi connectivity index (χ2n) is 7.74. The number of rotatable bonds is 7. The van der Waals surface area contributed by atoms with Gasteiger partial charge < -0.3 is 10.1 Å². The van der Waals surface area contributed by atoms with E-state index in [0.717, 1.165) is 16.7 Å². The van der Waals surface area contributed by atoms with Crippen LogP contribution in [0.2, 0.25) is 0 Å². The number of methoxy groups -OCH3 is 1. The molecule has 1 aliphatic heterocycles. The number of ether oxygens (including phenoxy) is 1. The van der Waals surface area contributed by atoms with Crippen molar-refractivity contribution in [2.75, 3.05) is 13.7 Å². The molecule has 0 radical (unpaired) electrons. The molecule has 0 saturated carbocycles. The molecule has 0 saturated heterocycles. The Morgan fingerprint density at radius 2 is 1.62 bits per heavy atom. The summed E-state index contributed by atoms with van der Waals surface area (Å²) in [7, 11) is -2.36. The summed E-state index contributed by atoms with van der Waals surface area (Å²) < 4.78 is 33.5. The molecule has 4 rings (SSSR count). The van der Waals surface area contributed by atoms with Crippen LogP contribution in [0, 0.1) is 0 Å². The molecule has 1 amide bonds. The van der Waals surface area contributed by atoms with Gasteiger partial charge in [-0.1, -0.05) is 54.6 Å². The largest absolute Gasteiger partial charge is 0.497 e. The zero-order valence-electron chi connectivity index (χ0n) is 17.9. The fourth-order valence-electron chi connectivity index (χ4n) is 3.95. The van der Waals surface area contributed by atoms with Crippen molar-refractivity contribution >= 4 is 15.9 Å². The Bertz CT molecular complexity index is 1180. The Kier molecular flexibility index (Phi) is 6.58. The van der Waals surface area contributed by atoms with Gasteiger partial charge in [0, 0.05) is 13.1 Å². The third kappa shape index (κ3) is 4.69. The maximum atomic E-state index is 13.5. The highest BCUT2D eigenvalue weighted by atomic mass is 32.2. The summed E-state index contributed by atoms with van der Waals surface area (Å²) >= 11 is 0. The highest BCUT2D eigenvalue weighted by Gasteiger charge is 2.39. The lowest BCUT2D eigenvalue weighted by Gasteiger charge is -2.35. The molecular formula is C25H26N2O4S. The molecule has 32 heavy (non-hydrogen) atoms. The molecular weight excluding hydrogens is 424 g/mol. The predicted molar refractivity (Wildman–Crippen MR) is 123 cm³/mol. The van der Waals surface area contributed by atoms with Crippen LogP contribution < -0.4 is 10.1 Å². The van der Waals surface area contributed by atoms with E-state index >= 15 is 0 Å². The molecule has 0 unspecified atom stereocenters. The highest BCUT2D eigenvalue weighted by molar-refractivity contribution is 7.89. The molecule has 1 N–H and O–H groups in total. The van der Waals surface area contributed by atoms with E-state index < -0.39 is 16.1 Å². The van der Waals surface area contributed by atoms with Crippen molar-refractivity contribution in [3.8, 4) is 5.75 Å². The van der Waals surface area contributed by atoms with E-state index in [1.54, 1.807) is 12.1 Å². The van der Waals surface area contributed by atoms with Crippen molar-refractivity contribution in [2.45, 2.75) is 30.3 Å². The number of amides is 1. The van der Waals surface area contributed by atoms with Crippen molar-refractivity contribution in [2.24, 2.45) is 0 Å². The Labute approximate surface area is 188 Å². The first-order valence-corrected chi connectivity index (χ1v) is 12.0. The Morgan fingerprint density at radius 1 is 0.969 bits per heavy atom. The molecule has 3 aromatic rings. The Balaban J connectivity index is 1.58. The van der Waals surface area contributed by atoms with E-state index in [0.29, 0.717) is 25.1 Å². The topological polar surface area (TPSA) is 75.7 Å². The molecule has 1 atom stereocenters. The van der Waals surface area contributed by atoms with Gasteiger partial charge in [0.15, 0.2) is 0 Å². The first kappa shape index (κ1) is 22.0. The monoisotopic (exact) mass is 450 g/mol. The van der Waals surface area contributed by atoms with Crippen LogP contribution in [0.15, 0.2) is 83.8 Å². The van der Waals surface area contributed by atoms with Gasteiger partial charge in [0.25, 0.3) is 0 Å². The van der Waals surface area contributed by atoms with E-state index in [9.17, 15) is 13.2 Å². The third-order valence-corrected chi connectivity index (χ3v) is 7.60. The molecule has 0 spiro atoms. The molecule has 3 aromatic carbocycles. The molecule has 166 valence electrons. The number of nitrogens with zero attached hydrogens (tertiary/aromatic N) is 1. The van der Waals surface area contributed by atoms with E-state index in [1.807, 2.05) is 54.6 Å². The summed E-state index contributed by atoms with van der Waals surface area (Å²) in [5.74, 6) is 0.288. The summed E-state index contributed by atoms with van der Waals surface area (Å²) in [6.07, 6.45) is 1.02. The van der Waals surface area contributed by atoms with Gasteiger partial charge in [-0.3, -0.25) is 4.79 Å². The zero-order valence-corrected chi connectivity index (χ0v) is 18.7. The number of hydrogen-bond donors (Lipinski definition) is 1. The summed E-state index contributed by atoms with van der Waals surface area (Å²) in [5, 5.41) is 2.94. The predicted octanol–water partition coefficient (Wildman–Crippen LogP) is 3.17. The van der Waals surface area contributed by atoms with Crippen LogP contribution in [0.3, 0.4) is 0 Å². The first-order chi connectivity index (χ1) is 15.5. The van der Waals surface area contributed by atoms with Gasteiger partial charge in [-0.15, -0.1) is 0 Å². The number of sulfonamides is 1. The summed E-state index contributed by atoms with van der Waals surface area (Å²) in [4.78, 5) is 13.3. The SMILES string of the molecule is COc1ccc(S(=O)(=O)N2Cc3ccccc3C[C@H]2C(=O)NCCc2ccccc2)cc1. The minimum absolute atomic E-state index is 0.139. The lowest BCUT2D eigenvalue weighted by molar-refractivity contribution is -0.125. The molecule has 0 fully saturated rings. The van der Waals surface area contributed by atoms with Gasteiger partial charge in [0.05, 0.1) is 12.0 Å². The van der Waals surface area contributed by atoms with Gasteiger partial charge in [-0.2, -0.15) is 4.31 Å². The second-order valence-corrected chi connectivity index (χ2v) is 9.63. The summed E-state index contributed by atoms with van der Waals surface area (Å²) in [5.41, 5.74) is 3.03. The van der Waals surface area contributed by atoms with Crippen molar-refractivity contribution < 1.29 is 17.9 Å². The lowest BCUT2D eigenvalue weighted by Crippen LogP contribution is -2.52. The quantitative estimate of drug-likeness (QED) is 0.600. The van der Waals surface area contributed by atoms with Crippen molar-refractivity contribution in [3.63, 3.8) is 0 Å². The first-order valence-electron chi connectivity index (χ1n) is 10.5. The molecule has 1 heterocycles. The van der Waals surface area contributed by atoms with Crippen molar-refractivity contribution in [1.29, 1.82) is 0 Å². The van der Waals surface area contributed by atoms with Crippen LogP contribution >= 0.6 is 0 Å². The third-order valence-electron chi connectivity index (χ3n) is 5.73. The minimum Gasteiger partial charge on any atom is -0.497 e. The normalized spacial score (nSPS) is 16.2. The Morgan fingerprint density at radius 3 is 2.31 bits per heavy atom. The van der Waals surface area contributed by atoms with E-state index in [2.05, 4.69) is 5.32 Å². The van der Waals surface area contributed by atoms with Crippen molar-refractivity contribution in [1.82, 2.24) is 9.62 Å². The number of benzene rings is 3. The second kappa shape index (κ2) is 9.54. The van der Waals surface area contributed by atoms with Crippen LogP contribution in [0.4, 0.5) is 0 Å². The lowest BCUT2D eigenvalue weighted by atomic mass is 9.95. The summed E-state index contributed by atoms with van der Waals surface area (Å²) in [6.45, 7) is 0.596. The average Bonchev–Trinajstić information content (AvgIpc) is 2.83. The van der Waals surface area contributed by atoms with Crippen molar-refractivity contribution in [3.05, 3.63) is 95.6 Å². The molecule has 7 heteroatoms.